The Hall–Kier alpha value is -3.96. The first-order chi connectivity index (χ1) is 16.9. The zero-order valence-corrected chi connectivity index (χ0v) is 20.0. The van der Waals surface area contributed by atoms with Crippen molar-refractivity contribution in [2.75, 3.05) is 36.6 Å². The van der Waals surface area contributed by atoms with E-state index in [2.05, 4.69) is 20.4 Å². The smallest absolute Gasteiger partial charge is 0.434 e. The molecule has 0 aliphatic carbocycles. The molecule has 186 valence electrons. The molecule has 35 heavy (non-hydrogen) atoms. The fourth-order valence-corrected chi connectivity index (χ4v) is 3.84. The van der Waals surface area contributed by atoms with Crippen LogP contribution in [0.4, 0.5) is 20.8 Å². The predicted octanol–water partition coefficient (Wildman–Crippen LogP) is 3.52. The minimum absolute atomic E-state index is 0.0189. The average Bonchev–Trinajstić information content (AvgIpc) is 3.23. The topological polar surface area (TPSA) is 115 Å². The van der Waals surface area contributed by atoms with Crippen molar-refractivity contribution in [3.05, 3.63) is 35.9 Å². The molecule has 0 radical (unpaired) electrons. The first-order valence-corrected chi connectivity index (χ1v) is 11.6. The highest BCUT2D eigenvalue weighted by Gasteiger charge is 2.24. The number of halogens is 1. The fraction of sp³-hybridized carbons (Fsp3) is 0.435. The van der Waals surface area contributed by atoms with Crippen LogP contribution in [0.1, 0.15) is 43.5 Å². The lowest BCUT2D eigenvalue weighted by molar-refractivity contribution is 0.0837. The number of nitrogens with zero attached hydrogens (tertiary/aromatic N) is 6. The second-order valence-corrected chi connectivity index (χ2v) is 8.07. The van der Waals surface area contributed by atoms with Crippen LogP contribution in [0.25, 0.3) is 10.9 Å². The second-order valence-electron chi connectivity index (χ2n) is 8.07. The molecule has 1 saturated heterocycles. The van der Waals surface area contributed by atoms with Crippen molar-refractivity contribution in [3.8, 4) is 5.88 Å². The molecule has 1 aliphatic rings. The van der Waals surface area contributed by atoms with Gasteiger partial charge in [0, 0.05) is 43.6 Å². The monoisotopic (exact) mass is 485 g/mol. The second kappa shape index (κ2) is 10.5. The van der Waals surface area contributed by atoms with Crippen molar-refractivity contribution in [1.29, 1.82) is 0 Å². The third-order valence-corrected chi connectivity index (χ3v) is 5.51. The molecule has 1 fully saturated rings. The Bertz CT molecular complexity index is 1230. The maximum atomic E-state index is 14.4. The summed E-state index contributed by atoms with van der Waals surface area (Å²) < 4.78 is 21.5. The van der Waals surface area contributed by atoms with Gasteiger partial charge in [-0.05, 0) is 45.2 Å². The van der Waals surface area contributed by atoms with Crippen LogP contribution in [0.15, 0.2) is 24.5 Å². The number of nitrogens with one attached hydrogen (secondary N) is 1. The van der Waals surface area contributed by atoms with E-state index >= 15 is 0 Å². The summed E-state index contributed by atoms with van der Waals surface area (Å²) in [5.74, 6) is -1.02. The van der Waals surface area contributed by atoms with Gasteiger partial charge in [-0.2, -0.15) is 15.1 Å². The van der Waals surface area contributed by atoms with Crippen LogP contribution in [0, 0.1) is 5.82 Å². The van der Waals surface area contributed by atoms with Crippen LogP contribution >= 0.6 is 0 Å². The van der Waals surface area contributed by atoms with Gasteiger partial charge < -0.3 is 19.8 Å². The number of hydrogen-bond acceptors (Lipinski definition) is 8. The van der Waals surface area contributed by atoms with Gasteiger partial charge in [0.05, 0.1) is 13.2 Å². The van der Waals surface area contributed by atoms with E-state index in [9.17, 15) is 14.0 Å². The van der Waals surface area contributed by atoms with E-state index in [1.807, 2.05) is 0 Å². The van der Waals surface area contributed by atoms with Crippen molar-refractivity contribution in [2.45, 2.75) is 33.1 Å². The lowest BCUT2D eigenvalue weighted by Crippen LogP contribution is -2.40. The molecule has 0 spiro atoms. The van der Waals surface area contributed by atoms with Crippen LogP contribution < -0.4 is 15.1 Å². The molecule has 0 atom stereocenters. The molecule has 11 nitrogen and oxygen atoms in total. The summed E-state index contributed by atoms with van der Waals surface area (Å²) in [4.78, 5) is 41.2. The number of amides is 2. The van der Waals surface area contributed by atoms with E-state index < -0.39 is 17.8 Å². The van der Waals surface area contributed by atoms with E-state index in [1.54, 1.807) is 38.1 Å². The minimum atomic E-state index is -0.573. The standard InChI is InChI=1S/C23H28FN7O4/c1-4-31(35-23(33)30-9-7-6-8-10-30)22-25-13-17(21(27-22)34-5-2)20(32)26-16-11-15-14-29(3)28-19(15)18(24)12-16/h11-14H,4-10H2,1-3H3,(H,26,32). The SMILES string of the molecule is CCOc1nc(N(CC)OC(=O)N2CCCCC2)ncc1C(=O)Nc1cc(F)c2nn(C)cc2c1. The summed E-state index contributed by atoms with van der Waals surface area (Å²) in [5, 5.41) is 8.52. The Morgan fingerprint density at radius 3 is 2.69 bits per heavy atom. The fourth-order valence-electron chi connectivity index (χ4n) is 3.84. The van der Waals surface area contributed by atoms with Crippen LogP contribution in [-0.2, 0) is 11.9 Å². The van der Waals surface area contributed by atoms with Gasteiger partial charge in [-0.3, -0.25) is 9.48 Å². The Balaban J connectivity index is 1.54. The number of hydroxylamine groups is 1. The third-order valence-electron chi connectivity index (χ3n) is 5.51. The molecule has 1 N–H and O–H groups in total. The quantitative estimate of drug-likeness (QED) is 0.506. The van der Waals surface area contributed by atoms with E-state index in [-0.39, 0.29) is 35.2 Å². The van der Waals surface area contributed by atoms with Gasteiger partial charge in [0.15, 0.2) is 5.82 Å². The average molecular weight is 486 g/mol. The first-order valence-electron chi connectivity index (χ1n) is 11.6. The number of likely N-dealkylation sites (tertiary alicyclic amines) is 1. The number of piperidine rings is 1. The van der Waals surface area contributed by atoms with Crippen LogP contribution in [-0.4, -0.2) is 62.9 Å². The number of benzene rings is 1. The minimum Gasteiger partial charge on any atom is -0.477 e. The first kappa shape index (κ1) is 24.2. The lowest BCUT2D eigenvalue weighted by Gasteiger charge is -2.28. The number of aromatic nitrogens is 4. The molecule has 0 bridgehead atoms. The summed E-state index contributed by atoms with van der Waals surface area (Å²) in [6.45, 7) is 5.37. The number of carbonyl (C=O) groups is 2. The number of hydrogen-bond donors (Lipinski definition) is 1. The van der Waals surface area contributed by atoms with E-state index in [1.165, 1.54) is 22.0 Å². The Morgan fingerprint density at radius 1 is 1.20 bits per heavy atom. The van der Waals surface area contributed by atoms with E-state index in [0.29, 0.717) is 25.0 Å². The predicted molar refractivity (Wildman–Crippen MR) is 127 cm³/mol. The molecule has 2 aromatic heterocycles. The van der Waals surface area contributed by atoms with Crippen molar-refractivity contribution in [1.82, 2.24) is 24.6 Å². The number of fused-ring (bicyclic) bond motifs is 1. The van der Waals surface area contributed by atoms with Crippen molar-refractivity contribution in [2.24, 2.45) is 7.05 Å². The van der Waals surface area contributed by atoms with Crippen molar-refractivity contribution < 1.29 is 23.6 Å². The summed E-state index contributed by atoms with van der Waals surface area (Å²) in [6.07, 6.45) is 5.44. The van der Waals surface area contributed by atoms with Crippen LogP contribution in [0.2, 0.25) is 0 Å². The maximum Gasteiger partial charge on any atom is 0.434 e. The largest absolute Gasteiger partial charge is 0.477 e. The highest BCUT2D eigenvalue weighted by Crippen LogP contribution is 2.24. The molecule has 4 rings (SSSR count). The molecule has 1 aliphatic heterocycles. The van der Waals surface area contributed by atoms with Gasteiger partial charge in [-0.1, -0.05) is 0 Å². The molecule has 12 heteroatoms. The zero-order valence-electron chi connectivity index (χ0n) is 20.0. The van der Waals surface area contributed by atoms with Gasteiger partial charge in [-0.15, -0.1) is 0 Å². The maximum absolute atomic E-state index is 14.4. The number of rotatable bonds is 7. The zero-order chi connectivity index (χ0) is 24.9. The van der Waals surface area contributed by atoms with Gasteiger partial charge >= 0.3 is 6.09 Å². The highest BCUT2D eigenvalue weighted by molar-refractivity contribution is 6.06. The number of aryl methyl sites for hydroxylation is 1. The Kier molecular flexibility index (Phi) is 7.28. The normalized spacial score (nSPS) is 13.5. The number of carbonyl (C=O) groups excluding carboxylic acids is 2. The number of ether oxygens (including phenoxy) is 1. The summed E-state index contributed by atoms with van der Waals surface area (Å²) in [5.41, 5.74) is 0.526. The molecular weight excluding hydrogens is 457 g/mol. The molecule has 0 saturated carbocycles. The van der Waals surface area contributed by atoms with E-state index in [4.69, 9.17) is 9.57 Å². The molecule has 1 aromatic carbocycles. The van der Waals surface area contributed by atoms with Crippen molar-refractivity contribution >= 4 is 34.5 Å². The van der Waals surface area contributed by atoms with Crippen molar-refractivity contribution in [3.63, 3.8) is 0 Å². The Labute approximate surface area is 201 Å². The molecular formula is C23H28FN7O4. The lowest BCUT2D eigenvalue weighted by atomic mass is 10.1. The van der Waals surface area contributed by atoms with Gasteiger partial charge in [0.1, 0.15) is 11.1 Å². The van der Waals surface area contributed by atoms with Gasteiger partial charge in [-0.25, -0.2) is 14.2 Å². The number of anilines is 2. The van der Waals surface area contributed by atoms with Crippen LogP contribution in [0.5, 0.6) is 5.88 Å². The molecule has 0 unspecified atom stereocenters. The molecule has 3 heterocycles. The summed E-state index contributed by atoms with van der Waals surface area (Å²) in [6, 6.07) is 2.82. The molecule has 3 aromatic rings. The van der Waals surface area contributed by atoms with Crippen LogP contribution in [0.3, 0.4) is 0 Å². The van der Waals surface area contributed by atoms with E-state index in [0.717, 1.165) is 19.3 Å². The molecule has 2 amide bonds. The van der Waals surface area contributed by atoms with Gasteiger partial charge in [0.25, 0.3) is 11.9 Å². The Morgan fingerprint density at radius 2 is 1.97 bits per heavy atom. The summed E-state index contributed by atoms with van der Waals surface area (Å²) >= 11 is 0. The summed E-state index contributed by atoms with van der Waals surface area (Å²) in [7, 11) is 1.69. The highest BCUT2D eigenvalue weighted by atomic mass is 19.1. The third kappa shape index (κ3) is 5.42. The van der Waals surface area contributed by atoms with Gasteiger partial charge in [0.2, 0.25) is 5.88 Å².